The smallest absolute Gasteiger partial charge is 0.340 e. The summed E-state index contributed by atoms with van der Waals surface area (Å²) in [6.45, 7) is 2.76. The van der Waals surface area contributed by atoms with Crippen LogP contribution in [0.2, 0.25) is 0 Å². The molecule has 0 unspecified atom stereocenters. The molecule has 3 heterocycles. The van der Waals surface area contributed by atoms with Crippen molar-refractivity contribution in [2.45, 2.75) is 32.5 Å². The van der Waals surface area contributed by atoms with Crippen LogP contribution in [0, 0.1) is 5.92 Å². The van der Waals surface area contributed by atoms with E-state index in [0.717, 1.165) is 11.1 Å². The summed E-state index contributed by atoms with van der Waals surface area (Å²) < 4.78 is 18.5. The van der Waals surface area contributed by atoms with E-state index in [9.17, 15) is 14.0 Å². The molecule has 4 rings (SSSR count). The topological polar surface area (TPSA) is 85.3 Å². The van der Waals surface area contributed by atoms with Gasteiger partial charge in [-0.2, -0.15) is 0 Å². The number of alkyl halides is 1. The number of fused-ring (bicyclic) bond motifs is 1. The zero-order chi connectivity index (χ0) is 19.0. The van der Waals surface area contributed by atoms with Gasteiger partial charge in [-0.1, -0.05) is 0 Å². The Morgan fingerprint density at radius 1 is 1.30 bits per heavy atom. The molecule has 2 atom stereocenters. The number of esters is 1. The van der Waals surface area contributed by atoms with Crippen LogP contribution < -0.4 is 0 Å². The molecule has 1 saturated carbocycles. The Balaban J connectivity index is 1.71. The molecule has 1 aliphatic carbocycles. The summed E-state index contributed by atoms with van der Waals surface area (Å²) in [7, 11) is 0. The summed E-state index contributed by atoms with van der Waals surface area (Å²) >= 11 is 0. The summed E-state index contributed by atoms with van der Waals surface area (Å²) in [6, 6.07) is 0. The van der Waals surface area contributed by atoms with Gasteiger partial charge in [0.05, 0.1) is 23.8 Å². The zero-order valence-corrected chi connectivity index (χ0v) is 14.9. The fourth-order valence-corrected chi connectivity index (χ4v) is 3.45. The van der Waals surface area contributed by atoms with Gasteiger partial charge >= 0.3 is 5.97 Å². The number of carbonyl (C=O) groups is 2. The third-order valence-corrected chi connectivity index (χ3v) is 4.92. The molecule has 0 aromatic carbocycles. The van der Waals surface area contributed by atoms with E-state index in [1.807, 2.05) is 0 Å². The zero-order valence-electron chi connectivity index (χ0n) is 14.9. The Hall–Kier alpha value is -2.90. The van der Waals surface area contributed by atoms with Crippen molar-refractivity contribution in [1.29, 1.82) is 0 Å². The summed E-state index contributed by atoms with van der Waals surface area (Å²) in [5, 5.41) is 0. The van der Waals surface area contributed by atoms with Gasteiger partial charge in [-0.3, -0.25) is 9.78 Å². The van der Waals surface area contributed by atoms with Crippen LogP contribution in [-0.2, 0) is 22.5 Å². The maximum absolute atomic E-state index is 13.2. The highest BCUT2D eigenvalue weighted by Crippen LogP contribution is 2.37. The fourth-order valence-electron chi connectivity index (χ4n) is 3.45. The molecule has 0 bridgehead atoms. The number of rotatable bonds is 4. The average molecular weight is 370 g/mol. The lowest BCUT2D eigenvalue weighted by molar-refractivity contribution is -0.133. The third kappa shape index (κ3) is 3.27. The fraction of sp³-hybridized carbons (Fsp3) is 0.421. The van der Waals surface area contributed by atoms with Crippen LogP contribution in [-0.4, -0.2) is 51.1 Å². The summed E-state index contributed by atoms with van der Waals surface area (Å²) in [4.78, 5) is 39.1. The minimum atomic E-state index is -1.02. The van der Waals surface area contributed by atoms with Crippen molar-refractivity contribution in [3.05, 3.63) is 41.6 Å². The maximum Gasteiger partial charge on any atom is 0.340 e. The summed E-state index contributed by atoms with van der Waals surface area (Å²) in [5.74, 6) is -1.12. The van der Waals surface area contributed by atoms with E-state index in [2.05, 4.69) is 15.0 Å². The number of hydrogen-bond acceptors (Lipinski definition) is 6. The second kappa shape index (κ2) is 7.02. The summed E-state index contributed by atoms with van der Waals surface area (Å²) in [6.07, 6.45) is 6.04. The Bertz CT molecular complexity index is 890. The van der Waals surface area contributed by atoms with E-state index in [4.69, 9.17) is 4.74 Å². The number of amides is 1. The second-order valence-corrected chi connectivity index (χ2v) is 6.70. The minimum Gasteiger partial charge on any atom is -0.462 e. The monoisotopic (exact) mass is 370 g/mol. The number of ether oxygens (including phenoxy) is 1. The van der Waals surface area contributed by atoms with Gasteiger partial charge in [-0.25, -0.2) is 19.2 Å². The highest BCUT2D eigenvalue weighted by molar-refractivity contribution is 5.98. The molecule has 0 spiro atoms. The van der Waals surface area contributed by atoms with Crippen molar-refractivity contribution in [1.82, 2.24) is 19.9 Å². The standard InChI is InChI=1S/C19H19FN4O3/c1-2-27-19(26)16-13-3-4-24(18(25)14-5-15(14)20)9-12(13)8-23-17(16)11-6-21-10-22-7-11/h6-8,10,14-15H,2-5,9H2,1H3/t14-,15-/m1/s1. The van der Waals surface area contributed by atoms with Crippen molar-refractivity contribution in [3.8, 4) is 11.3 Å². The minimum absolute atomic E-state index is 0.161. The Kier molecular flexibility index (Phi) is 4.55. The van der Waals surface area contributed by atoms with Gasteiger partial charge in [-0.05, 0) is 30.9 Å². The third-order valence-electron chi connectivity index (χ3n) is 4.92. The molecule has 2 aliphatic rings. The predicted octanol–water partition coefficient (Wildman–Crippen LogP) is 1.96. The van der Waals surface area contributed by atoms with Crippen molar-refractivity contribution in [3.63, 3.8) is 0 Å². The van der Waals surface area contributed by atoms with E-state index in [1.54, 1.807) is 30.4 Å². The first-order valence-corrected chi connectivity index (χ1v) is 8.96. The number of aromatic nitrogens is 3. The molecule has 1 aliphatic heterocycles. The van der Waals surface area contributed by atoms with E-state index in [-0.39, 0.29) is 12.5 Å². The molecule has 2 aromatic heterocycles. The SMILES string of the molecule is CCOC(=O)c1c(-c2cncnc2)ncc2c1CCN(C(=O)[C@@H]1C[C@H]1F)C2. The van der Waals surface area contributed by atoms with E-state index in [1.165, 1.54) is 6.33 Å². The number of hydrogen-bond donors (Lipinski definition) is 0. The first kappa shape index (κ1) is 17.5. The van der Waals surface area contributed by atoms with Crippen molar-refractivity contribution in [2.24, 2.45) is 5.92 Å². The van der Waals surface area contributed by atoms with E-state index in [0.29, 0.717) is 42.8 Å². The van der Waals surface area contributed by atoms with Crippen LogP contribution in [0.1, 0.15) is 34.8 Å². The van der Waals surface area contributed by atoms with Crippen LogP contribution in [0.15, 0.2) is 24.9 Å². The molecule has 1 fully saturated rings. The molecule has 2 aromatic rings. The van der Waals surface area contributed by atoms with Crippen LogP contribution in [0.5, 0.6) is 0 Å². The molecule has 0 saturated heterocycles. The molecule has 1 amide bonds. The quantitative estimate of drug-likeness (QED) is 0.765. The number of pyridine rings is 1. The van der Waals surface area contributed by atoms with Crippen LogP contribution in [0.25, 0.3) is 11.3 Å². The highest BCUT2D eigenvalue weighted by atomic mass is 19.1. The van der Waals surface area contributed by atoms with Crippen LogP contribution >= 0.6 is 0 Å². The van der Waals surface area contributed by atoms with Gasteiger partial charge in [0.1, 0.15) is 12.5 Å². The second-order valence-electron chi connectivity index (χ2n) is 6.70. The van der Waals surface area contributed by atoms with Gasteiger partial charge in [0.25, 0.3) is 0 Å². The molecular weight excluding hydrogens is 351 g/mol. The molecule has 7 nitrogen and oxygen atoms in total. The lowest BCUT2D eigenvalue weighted by atomic mass is 9.93. The van der Waals surface area contributed by atoms with Gasteiger partial charge < -0.3 is 9.64 Å². The Labute approximate surface area is 155 Å². The van der Waals surface area contributed by atoms with Gasteiger partial charge in [0, 0.05) is 37.2 Å². The number of nitrogens with zero attached hydrogens (tertiary/aromatic N) is 4. The lowest BCUT2D eigenvalue weighted by Crippen LogP contribution is -2.38. The van der Waals surface area contributed by atoms with E-state index >= 15 is 0 Å². The maximum atomic E-state index is 13.2. The first-order chi connectivity index (χ1) is 13.1. The summed E-state index contributed by atoms with van der Waals surface area (Å²) in [5.41, 5.74) is 3.10. The first-order valence-electron chi connectivity index (χ1n) is 8.96. The van der Waals surface area contributed by atoms with Crippen LogP contribution in [0.3, 0.4) is 0 Å². The number of carbonyl (C=O) groups excluding carboxylic acids is 2. The van der Waals surface area contributed by atoms with Crippen molar-refractivity contribution in [2.75, 3.05) is 13.2 Å². The number of halogens is 1. The Morgan fingerprint density at radius 2 is 2.04 bits per heavy atom. The Morgan fingerprint density at radius 3 is 2.70 bits per heavy atom. The molecule has 140 valence electrons. The molecule has 8 heteroatoms. The van der Waals surface area contributed by atoms with Gasteiger partial charge in [0.2, 0.25) is 5.91 Å². The lowest BCUT2D eigenvalue weighted by Gasteiger charge is -2.30. The molecule has 0 radical (unpaired) electrons. The van der Waals surface area contributed by atoms with Gasteiger partial charge in [0.15, 0.2) is 0 Å². The van der Waals surface area contributed by atoms with Crippen molar-refractivity contribution >= 4 is 11.9 Å². The van der Waals surface area contributed by atoms with Gasteiger partial charge in [-0.15, -0.1) is 0 Å². The molecular formula is C19H19FN4O3. The van der Waals surface area contributed by atoms with Crippen LogP contribution in [0.4, 0.5) is 4.39 Å². The van der Waals surface area contributed by atoms with E-state index < -0.39 is 18.1 Å². The highest BCUT2D eigenvalue weighted by Gasteiger charge is 2.46. The largest absolute Gasteiger partial charge is 0.462 e. The molecule has 27 heavy (non-hydrogen) atoms. The van der Waals surface area contributed by atoms with Crippen molar-refractivity contribution < 1.29 is 18.7 Å². The normalized spacial score (nSPS) is 20.7. The molecule has 0 N–H and O–H groups in total. The predicted molar refractivity (Wildman–Crippen MR) is 93.3 cm³/mol. The average Bonchev–Trinajstić information content (AvgIpc) is 3.43.